The topological polar surface area (TPSA) is 61.2 Å². The summed E-state index contributed by atoms with van der Waals surface area (Å²) in [6.45, 7) is 3.50. The Balaban J connectivity index is 1.95. The van der Waals surface area contributed by atoms with Gasteiger partial charge < -0.3 is 4.74 Å². The van der Waals surface area contributed by atoms with Gasteiger partial charge in [0.2, 0.25) is 0 Å². The fourth-order valence-corrected chi connectivity index (χ4v) is 2.51. The number of Topliss-reactive ketones (excluding diaryl/α,β-unsaturated/α-hetero) is 1. The lowest BCUT2D eigenvalue weighted by Gasteiger charge is -2.02. The number of hydrogen-bond acceptors (Lipinski definition) is 4. The molecule has 2 aromatic rings. The van der Waals surface area contributed by atoms with Gasteiger partial charge in [0, 0.05) is 34.4 Å². The SMILES string of the molecule is Cc1nn(C)c(C)c1/C=C/C(=O)OCC(=O)c1cccc(Br)c1. The maximum Gasteiger partial charge on any atom is 0.331 e. The summed E-state index contributed by atoms with van der Waals surface area (Å²) in [5, 5.41) is 4.27. The maximum atomic E-state index is 12.0. The molecule has 0 saturated carbocycles. The summed E-state index contributed by atoms with van der Waals surface area (Å²) < 4.78 is 7.54. The van der Waals surface area contributed by atoms with E-state index in [-0.39, 0.29) is 12.4 Å². The van der Waals surface area contributed by atoms with E-state index < -0.39 is 5.97 Å². The third kappa shape index (κ3) is 4.39. The largest absolute Gasteiger partial charge is 0.454 e. The van der Waals surface area contributed by atoms with Gasteiger partial charge in [-0.05, 0) is 32.1 Å². The smallest absolute Gasteiger partial charge is 0.331 e. The second kappa shape index (κ2) is 7.37. The van der Waals surface area contributed by atoms with Gasteiger partial charge in [-0.2, -0.15) is 5.10 Å². The number of aryl methyl sites for hydroxylation is 2. The van der Waals surface area contributed by atoms with Crippen LogP contribution < -0.4 is 0 Å². The predicted octanol–water partition coefficient (Wildman–Crippen LogP) is 3.24. The highest BCUT2D eigenvalue weighted by molar-refractivity contribution is 9.10. The number of esters is 1. The number of ether oxygens (including phenoxy) is 1. The lowest BCUT2D eigenvalue weighted by molar-refractivity contribution is -0.136. The average Bonchev–Trinajstić information content (AvgIpc) is 2.75. The molecule has 1 aromatic carbocycles. The van der Waals surface area contributed by atoms with Crippen molar-refractivity contribution in [1.82, 2.24) is 9.78 Å². The summed E-state index contributed by atoms with van der Waals surface area (Å²) in [6.07, 6.45) is 2.97. The number of rotatable bonds is 5. The molecule has 0 fully saturated rings. The van der Waals surface area contributed by atoms with E-state index in [4.69, 9.17) is 4.74 Å². The van der Waals surface area contributed by atoms with Crippen molar-refractivity contribution in [3.63, 3.8) is 0 Å². The number of carbonyl (C=O) groups is 2. The summed E-state index contributed by atoms with van der Waals surface area (Å²) in [5.41, 5.74) is 3.16. The van der Waals surface area contributed by atoms with Gasteiger partial charge in [0.05, 0.1) is 5.69 Å². The fourth-order valence-electron chi connectivity index (χ4n) is 2.11. The van der Waals surface area contributed by atoms with Crippen LogP contribution in [-0.2, 0) is 16.6 Å². The number of nitrogens with zero attached hydrogens (tertiary/aromatic N) is 2. The van der Waals surface area contributed by atoms with Crippen LogP contribution in [0.5, 0.6) is 0 Å². The first-order valence-electron chi connectivity index (χ1n) is 7.02. The van der Waals surface area contributed by atoms with Crippen molar-refractivity contribution in [3.05, 3.63) is 57.3 Å². The zero-order valence-electron chi connectivity index (χ0n) is 13.2. The predicted molar refractivity (Wildman–Crippen MR) is 91.1 cm³/mol. The van der Waals surface area contributed by atoms with Gasteiger partial charge in [-0.1, -0.05) is 28.1 Å². The van der Waals surface area contributed by atoms with Crippen molar-refractivity contribution in [2.24, 2.45) is 7.05 Å². The van der Waals surface area contributed by atoms with Crippen LogP contribution in [0.2, 0.25) is 0 Å². The van der Waals surface area contributed by atoms with Gasteiger partial charge in [-0.25, -0.2) is 4.79 Å². The number of ketones is 1. The molecule has 5 nitrogen and oxygen atoms in total. The van der Waals surface area contributed by atoms with E-state index in [9.17, 15) is 9.59 Å². The molecule has 0 N–H and O–H groups in total. The zero-order valence-corrected chi connectivity index (χ0v) is 14.8. The minimum atomic E-state index is -0.559. The summed E-state index contributed by atoms with van der Waals surface area (Å²) >= 11 is 3.30. The number of benzene rings is 1. The standard InChI is InChI=1S/C17H17BrN2O3/c1-11-15(12(2)20(3)19-11)7-8-17(22)23-10-16(21)13-5-4-6-14(18)9-13/h4-9H,10H2,1-3H3/b8-7+. The lowest BCUT2D eigenvalue weighted by atomic mass is 10.1. The second-order valence-corrected chi connectivity index (χ2v) is 6.00. The monoisotopic (exact) mass is 376 g/mol. The summed E-state index contributed by atoms with van der Waals surface area (Å²) in [6, 6.07) is 6.95. The third-order valence-electron chi connectivity index (χ3n) is 3.44. The van der Waals surface area contributed by atoms with Gasteiger partial charge in [0.15, 0.2) is 12.4 Å². The van der Waals surface area contributed by atoms with Crippen LogP contribution >= 0.6 is 15.9 Å². The Morgan fingerprint density at radius 3 is 2.70 bits per heavy atom. The molecule has 6 heteroatoms. The Labute approximate surface area is 143 Å². The van der Waals surface area contributed by atoms with E-state index >= 15 is 0 Å². The van der Waals surface area contributed by atoms with Crippen LogP contribution in [0.1, 0.15) is 27.3 Å². The highest BCUT2D eigenvalue weighted by Crippen LogP contribution is 2.14. The van der Waals surface area contributed by atoms with Crippen molar-refractivity contribution in [2.45, 2.75) is 13.8 Å². The van der Waals surface area contributed by atoms with Crippen molar-refractivity contribution in [3.8, 4) is 0 Å². The Morgan fingerprint density at radius 1 is 1.35 bits per heavy atom. The minimum absolute atomic E-state index is 0.248. The van der Waals surface area contributed by atoms with Crippen LogP contribution in [0.15, 0.2) is 34.8 Å². The molecule has 0 aliphatic rings. The van der Waals surface area contributed by atoms with E-state index in [1.165, 1.54) is 6.08 Å². The normalized spacial score (nSPS) is 11.0. The molecule has 0 aliphatic carbocycles. The van der Waals surface area contributed by atoms with E-state index in [1.54, 1.807) is 29.0 Å². The van der Waals surface area contributed by atoms with E-state index in [0.717, 1.165) is 21.4 Å². The number of hydrogen-bond donors (Lipinski definition) is 0. The number of carbonyl (C=O) groups excluding carboxylic acids is 2. The van der Waals surface area contributed by atoms with Crippen molar-refractivity contribution < 1.29 is 14.3 Å². The van der Waals surface area contributed by atoms with Gasteiger partial charge in [-0.3, -0.25) is 9.48 Å². The third-order valence-corrected chi connectivity index (χ3v) is 3.94. The van der Waals surface area contributed by atoms with Crippen molar-refractivity contribution >= 4 is 33.8 Å². The molecule has 0 amide bonds. The molecule has 0 atom stereocenters. The molecule has 0 aliphatic heterocycles. The van der Waals surface area contributed by atoms with Crippen LogP contribution in [0.25, 0.3) is 6.08 Å². The quantitative estimate of drug-likeness (QED) is 0.456. The molecule has 0 unspecified atom stereocenters. The lowest BCUT2D eigenvalue weighted by Crippen LogP contribution is -2.12. The molecule has 120 valence electrons. The van der Waals surface area contributed by atoms with Gasteiger partial charge in [-0.15, -0.1) is 0 Å². The maximum absolute atomic E-state index is 12.0. The van der Waals surface area contributed by atoms with E-state index in [1.807, 2.05) is 27.0 Å². The molecule has 0 spiro atoms. The summed E-state index contributed by atoms with van der Waals surface area (Å²) in [5.74, 6) is -0.808. The number of aromatic nitrogens is 2. The Bertz CT molecular complexity index is 778. The summed E-state index contributed by atoms with van der Waals surface area (Å²) in [4.78, 5) is 23.7. The van der Waals surface area contributed by atoms with Gasteiger partial charge in [0.25, 0.3) is 0 Å². The van der Waals surface area contributed by atoms with Crippen LogP contribution in [0.4, 0.5) is 0 Å². The molecule has 0 radical (unpaired) electrons. The van der Waals surface area contributed by atoms with E-state index in [2.05, 4.69) is 21.0 Å². The molecular weight excluding hydrogens is 360 g/mol. The van der Waals surface area contributed by atoms with Gasteiger partial charge >= 0.3 is 5.97 Å². The molecular formula is C17H17BrN2O3. The van der Waals surface area contributed by atoms with Crippen LogP contribution in [0, 0.1) is 13.8 Å². The van der Waals surface area contributed by atoms with Crippen LogP contribution in [0.3, 0.4) is 0 Å². The Hall–Kier alpha value is -2.21. The summed E-state index contributed by atoms with van der Waals surface area (Å²) in [7, 11) is 1.84. The zero-order chi connectivity index (χ0) is 17.0. The molecule has 23 heavy (non-hydrogen) atoms. The highest BCUT2D eigenvalue weighted by Gasteiger charge is 2.10. The first-order chi connectivity index (χ1) is 10.9. The van der Waals surface area contributed by atoms with Crippen molar-refractivity contribution in [2.75, 3.05) is 6.61 Å². The van der Waals surface area contributed by atoms with Crippen molar-refractivity contribution in [1.29, 1.82) is 0 Å². The second-order valence-electron chi connectivity index (χ2n) is 5.08. The Morgan fingerprint density at radius 2 is 2.09 bits per heavy atom. The van der Waals surface area contributed by atoms with Crippen LogP contribution in [-0.4, -0.2) is 28.1 Å². The minimum Gasteiger partial charge on any atom is -0.454 e. The molecule has 1 aromatic heterocycles. The molecule has 1 heterocycles. The molecule has 2 rings (SSSR count). The molecule has 0 saturated heterocycles. The van der Waals surface area contributed by atoms with E-state index in [0.29, 0.717) is 5.56 Å². The Kier molecular flexibility index (Phi) is 5.50. The fraction of sp³-hybridized carbons (Fsp3) is 0.235. The first kappa shape index (κ1) is 17.1. The first-order valence-corrected chi connectivity index (χ1v) is 7.81. The number of halogens is 1. The average molecular weight is 377 g/mol. The highest BCUT2D eigenvalue weighted by atomic mass is 79.9. The van der Waals surface area contributed by atoms with Gasteiger partial charge in [0.1, 0.15) is 0 Å². The molecule has 0 bridgehead atoms.